The first-order chi connectivity index (χ1) is 13.9. The highest BCUT2D eigenvalue weighted by molar-refractivity contribution is 7.21. The van der Waals surface area contributed by atoms with E-state index in [1.807, 2.05) is 24.4 Å². The first kappa shape index (κ1) is 15.5. The molecule has 28 heavy (non-hydrogen) atoms. The van der Waals surface area contributed by atoms with E-state index < -0.39 is 0 Å². The molecule has 0 N–H and O–H groups in total. The predicted molar refractivity (Wildman–Crippen MR) is 115 cm³/mol. The first-order valence-electron chi connectivity index (χ1n) is 9.05. The Bertz CT molecular complexity index is 1370. The molecule has 2 aromatic carbocycles. The van der Waals surface area contributed by atoms with E-state index in [0.717, 1.165) is 26.7 Å². The molecule has 0 amide bonds. The molecule has 0 spiro atoms. The predicted octanol–water partition coefficient (Wildman–Crippen LogP) is 5.85. The summed E-state index contributed by atoms with van der Waals surface area (Å²) >= 11 is 1.62. The fourth-order valence-corrected chi connectivity index (χ4v) is 4.63. The van der Waals surface area contributed by atoms with Crippen molar-refractivity contribution in [2.45, 2.75) is 0 Å². The molecule has 0 aliphatic carbocycles. The molecule has 132 valence electrons. The highest BCUT2D eigenvalue weighted by Gasteiger charge is 2.13. The lowest BCUT2D eigenvalue weighted by atomic mass is 10.2. The van der Waals surface area contributed by atoms with Crippen LogP contribution in [0.3, 0.4) is 0 Å². The van der Waals surface area contributed by atoms with E-state index in [-0.39, 0.29) is 0 Å². The molecule has 4 nitrogen and oxygen atoms in total. The molecule has 0 fully saturated rings. The molecule has 0 radical (unpaired) electrons. The van der Waals surface area contributed by atoms with Crippen LogP contribution in [-0.4, -0.2) is 19.5 Å². The van der Waals surface area contributed by atoms with Crippen LogP contribution in [-0.2, 0) is 0 Å². The van der Waals surface area contributed by atoms with Gasteiger partial charge in [0.1, 0.15) is 5.01 Å². The number of para-hydroxylation sites is 2. The van der Waals surface area contributed by atoms with Gasteiger partial charge in [-0.25, -0.2) is 9.97 Å². The Morgan fingerprint density at radius 1 is 0.714 bits per heavy atom. The molecule has 6 rings (SSSR count). The summed E-state index contributed by atoms with van der Waals surface area (Å²) < 4.78 is 3.34. The van der Waals surface area contributed by atoms with Crippen molar-refractivity contribution in [2.75, 3.05) is 0 Å². The van der Waals surface area contributed by atoms with Gasteiger partial charge in [-0.2, -0.15) is 0 Å². The SMILES string of the molecule is c1cnc2nc(-c3ccc(-n4c5ccccc5c5ccccc54)cn3)sc2c1. The zero-order valence-corrected chi connectivity index (χ0v) is 15.6. The monoisotopic (exact) mass is 378 g/mol. The number of hydrogen-bond acceptors (Lipinski definition) is 4. The normalized spacial score (nSPS) is 11.6. The van der Waals surface area contributed by atoms with Gasteiger partial charge < -0.3 is 4.57 Å². The number of rotatable bonds is 2. The maximum Gasteiger partial charge on any atom is 0.170 e. The van der Waals surface area contributed by atoms with E-state index in [0.29, 0.717) is 0 Å². The summed E-state index contributed by atoms with van der Waals surface area (Å²) in [5.74, 6) is 0. The van der Waals surface area contributed by atoms with Crippen LogP contribution in [0.5, 0.6) is 0 Å². The fraction of sp³-hybridized carbons (Fsp3) is 0. The van der Waals surface area contributed by atoms with Gasteiger partial charge in [0.05, 0.1) is 33.3 Å². The summed E-state index contributed by atoms with van der Waals surface area (Å²) in [4.78, 5) is 13.6. The minimum atomic E-state index is 0.774. The minimum Gasteiger partial charge on any atom is -0.308 e. The van der Waals surface area contributed by atoms with E-state index in [1.165, 1.54) is 21.8 Å². The molecule has 0 aliphatic heterocycles. The van der Waals surface area contributed by atoms with Gasteiger partial charge >= 0.3 is 0 Å². The molecule has 0 bridgehead atoms. The zero-order chi connectivity index (χ0) is 18.5. The third-order valence-electron chi connectivity index (χ3n) is 4.97. The molecule has 0 atom stereocenters. The summed E-state index contributed by atoms with van der Waals surface area (Å²) in [7, 11) is 0. The Hall–Kier alpha value is -3.57. The van der Waals surface area contributed by atoms with E-state index in [4.69, 9.17) is 4.98 Å². The molecule has 0 saturated carbocycles. The number of hydrogen-bond donors (Lipinski definition) is 0. The van der Waals surface area contributed by atoms with Crippen LogP contribution in [0, 0.1) is 0 Å². The van der Waals surface area contributed by atoms with Crippen LogP contribution in [0.25, 0.3) is 48.5 Å². The highest BCUT2D eigenvalue weighted by atomic mass is 32.1. The molecular formula is C23H14N4S. The first-order valence-corrected chi connectivity index (χ1v) is 9.87. The summed E-state index contributed by atoms with van der Waals surface area (Å²) in [6.45, 7) is 0. The number of pyridine rings is 2. The largest absolute Gasteiger partial charge is 0.308 e. The Kier molecular flexibility index (Phi) is 3.30. The van der Waals surface area contributed by atoms with Crippen LogP contribution in [0.4, 0.5) is 0 Å². The van der Waals surface area contributed by atoms with Crippen molar-refractivity contribution >= 4 is 43.5 Å². The number of aromatic nitrogens is 4. The van der Waals surface area contributed by atoms with Crippen LogP contribution < -0.4 is 0 Å². The molecule has 0 saturated heterocycles. The maximum atomic E-state index is 4.71. The number of thiazole rings is 1. The van der Waals surface area contributed by atoms with Crippen LogP contribution in [0.15, 0.2) is 85.2 Å². The second kappa shape index (κ2) is 5.97. The van der Waals surface area contributed by atoms with E-state index in [1.54, 1.807) is 17.5 Å². The van der Waals surface area contributed by atoms with Crippen molar-refractivity contribution in [1.82, 2.24) is 19.5 Å². The third kappa shape index (κ3) is 2.27. The van der Waals surface area contributed by atoms with Gasteiger partial charge in [0.25, 0.3) is 0 Å². The van der Waals surface area contributed by atoms with Crippen molar-refractivity contribution in [1.29, 1.82) is 0 Å². The van der Waals surface area contributed by atoms with Crippen LogP contribution in [0.1, 0.15) is 0 Å². The van der Waals surface area contributed by atoms with Crippen molar-refractivity contribution in [3.8, 4) is 16.4 Å². The molecular weight excluding hydrogens is 364 g/mol. The summed E-state index contributed by atoms with van der Waals surface area (Å²) in [6, 6.07) is 25.1. The second-order valence-corrected chi connectivity index (χ2v) is 7.65. The lowest BCUT2D eigenvalue weighted by molar-refractivity contribution is 1.14. The number of benzene rings is 2. The van der Waals surface area contributed by atoms with Gasteiger partial charge in [-0.15, -0.1) is 11.3 Å². The van der Waals surface area contributed by atoms with Crippen molar-refractivity contribution in [3.05, 3.63) is 85.2 Å². The Labute approximate surface area is 164 Å². The fourth-order valence-electron chi connectivity index (χ4n) is 3.72. The average molecular weight is 378 g/mol. The zero-order valence-electron chi connectivity index (χ0n) is 14.8. The topological polar surface area (TPSA) is 43.6 Å². The average Bonchev–Trinajstić information content (AvgIpc) is 3.33. The Morgan fingerprint density at radius 2 is 1.46 bits per heavy atom. The van der Waals surface area contributed by atoms with Crippen molar-refractivity contribution in [2.24, 2.45) is 0 Å². The molecule has 4 aromatic heterocycles. The van der Waals surface area contributed by atoms with E-state index in [9.17, 15) is 0 Å². The standard InChI is InChI=1S/C23H14N4S/c1-3-8-19-16(6-1)17-7-2-4-9-20(17)27(19)15-11-12-18(25-14-15)23-26-22-21(28-23)10-5-13-24-22/h1-14H. The highest BCUT2D eigenvalue weighted by Crippen LogP contribution is 2.32. The summed E-state index contributed by atoms with van der Waals surface area (Å²) in [5.41, 5.74) is 5.05. The third-order valence-corrected chi connectivity index (χ3v) is 6.00. The van der Waals surface area contributed by atoms with Gasteiger partial charge in [0.15, 0.2) is 5.65 Å². The van der Waals surface area contributed by atoms with Crippen LogP contribution in [0.2, 0.25) is 0 Å². The second-order valence-electron chi connectivity index (χ2n) is 6.62. The van der Waals surface area contributed by atoms with E-state index >= 15 is 0 Å². The maximum absolute atomic E-state index is 4.71. The Morgan fingerprint density at radius 3 is 2.14 bits per heavy atom. The lowest BCUT2D eigenvalue weighted by Crippen LogP contribution is -1.95. The van der Waals surface area contributed by atoms with Crippen molar-refractivity contribution < 1.29 is 0 Å². The molecule has 6 aromatic rings. The van der Waals surface area contributed by atoms with Gasteiger partial charge in [0, 0.05) is 17.0 Å². The summed E-state index contributed by atoms with van der Waals surface area (Å²) in [6.07, 6.45) is 3.69. The number of nitrogens with zero attached hydrogens (tertiary/aromatic N) is 4. The van der Waals surface area contributed by atoms with Gasteiger partial charge in [0.2, 0.25) is 0 Å². The van der Waals surface area contributed by atoms with Gasteiger partial charge in [-0.1, -0.05) is 36.4 Å². The van der Waals surface area contributed by atoms with Gasteiger partial charge in [-0.05, 0) is 36.4 Å². The smallest absolute Gasteiger partial charge is 0.170 e. The number of fused-ring (bicyclic) bond motifs is 4. The minimum absolute atomic E-state index is 0.774. The van der Waals surface area contributed by atoms with Gasteiger partial charge in [-0.3, -0.25) is 4.98 Å². The van der Waals surface area contributed by atoms with E-state index in [2.05, 4.69) is 69.1 Å². The Balaban J connectivity index is 1.52. The lowest BCUT2D eigenvalue weighted by Gasteiger charge is -2.07. The molecule has 5 heteroatoms. The van der Waals surface area contributed by atoms with Crippen molar-refractivity contribution in [3.63, 3.8) is 0 Å². The molecule has 4 heterocycles. The van der Waals surface area contributed by atoms with Crippen LogP contribution >= 0.6 is 11.3 Å². The summed E-state index contributed by atoms with van der Waals surface area (Å²) in [5, 5.41) is 3.39. The molecule has 0 unspecified atom stereocenters. The molecule has 0 aliphatic rings. The quantitative estimate of drug-likeness (QED) is 0.379.